The first kappa shape index (κ1) is 12.8. The zero-order chi connectivity index (χ0) is 13.0. The number of ether oxygens (including phenoxy) is 3. The minimum atomic E-state index is 0.270. The molecule has 0 radical (unpaired) electrons. The van der Waals surface area contributed by atoms with Gasteiger partial charge in [-0.3, -0.25) is 0 Å². The van der Waals surface area contributed by atoms with Gasteiger partial charge >= 0.3 is 0 Å². The third-order valence-electron chi connectivity index (χ3n) is 2.76. The van der Waals surface area contributed by atoms with Gasteiger partial charge in [0, 0.05) is 12.5 Å². The lowest BCUT2D eigenvalue weighted by Crippen LogP contribution is -2.06. The molecule has 4 heteroatoms. The van der Waals surface area contributed by atoms with Crippen molar-refractivity contribution in [1.29, 1.82) is 0 Å². The molecule has 18 heavy (non-hydrogen) atoms. The Hall–Kier alpha value is -1.68. The van der Waals surface area contributed by atoms with Crippen LogP contribution in [-0.2, 0) is 6.42 Å². The van der Waals surface area contributed by atoms with Crippen LogP contribution >= 0.6 is 0 Å². The first-order valence-corrected chi connectivity index (χ1v) is 6.10. The first-order chi connectivity index (χ1) is 8.70. The fourth-order valence-electron chi connectivity index (χ4n) is 1.79. The van der Waals surface area contributed by atoms with Crippen LogP contribution in [0.5, 0.6) is 17.2 Å². The fraction of sp³-hybridized carbons (Fsp3) is 0.429. The van der Waals surface area contributed by atoms with E-state index in [4.69, 9.17) is 19.9 Å². The molecule has 1 aliphatic rings. The number of fused-ring (bicyclic) bond motifs is 1. The van der Waals surface area contributed by atoms with Crippen molar-refractivity contribution in [2.45, 2.75) is 19.8 Å². The van der Waals surface area contributed by atoms with Crippen molar-refractivity contribution in [2.24, 2.45) is 5.73 Å². The SMILES string of the molecule is C=C(C)CCOc1cc2c(cc1CCN)OCO2. The molecule has 1 heterocycles. The minimum absolute atomic E-state index is 0.270. The summed E-state index contributed by atoms with van der Waals surface area (Å²) < 4.78 is 16.5. The maximum absolute atomic E-state index is 5.77. The lowest BCUT2D eigenvalue weighted by molar-refractivity contribution is 0.173. The highest BCUT2D eigenvalue weighted by molar-refractivity contribution is 5.52. The van der Waals surface area contributed by atoms with Crippen molar-refractivity contribution < 1.29 is 14.2 Å². The maximum atomic E-state index is 5.77. The Morgan fingerprint density at radius 1 is 1.39 bits per heavy atom. The van der Waals surface area contributed by atoms with Gasteiger partial charge in [0.2, 0.25) is 6.79 Å². The van der Waals surface area contributed by atoms with Gasteiger partial charge in [0.05, 0.1) is 6.61 Å². The van der Waals surface area contributed by atoms with Crippen LogP contribution in [0.25, 0.3) is 0 Å². The van der Waals surface area contributed by atoms with Crippen LogP contribution in [0.4, 0.5) is 0 Å². The number of benzene rings is 1. The molecule has 4 nitrogen and oxygen atoms in total. The molecule has 0 fully saturated rings. The topological polar surface area (TPSA) is 53.7 Å². The van der Waals surface area contributed by atoms with Gasteiger partial charge in [-0.05, 0) is 31.5 Å². The zero-order valence-corrected chi connectivity index (χ0v) is 10.7. The van der Waals surface area contributed by atoms with E-state index < -0.39 is 0 Å². The predicted molar refractivity (Wildman–Crippen MR) is 70.2 cm³/mol. The molecular weight excluding hydrogens is 230 g/mol. The Balaban J connectivity index is 2.13. The van der Waals surface area contributed by atoms with Crippen LogP contribution in [0.15, 0.2) is 24.3 Å². The molecule has 0 saturated heterocycles. The molecule has 0 bridgehead atoms. The van der Waals surface area contributed by atoms with E-state index in [-0.39, 0.29) is 6.79 Å². The molecule has 1 aromatic rings. The van der Waals surface area contributed by atoms with Crippen LogP contribution in [0.2, 0.25) is 0 Å². The molecule has 0 unspecified atom stereocenters. The smallest absolute Gasteiger partial charge is 0.231 e. The molecule has 0 atom stereocenters. The van der Waals surface area contributed by atoms with Crippen LogP contribution in [-0.4, -0.2) is 19.9 Å². The van der Waals surface area contributed by atoms with Gasteiger partial charge in [-0.1, -0.05) is 5.57 Å². The zero-order valence-electron chi connectivity index (χ0n) is 10.7. The van der Waals surface area contributed by atoms with Crippen LogP contribution in [0, 0.1) is 0 Å². The third-order valence-corrected chi connectivity index (χ3v) is 2.76. The summed E-state index contributed by atoms with van der Waals surface area (Å²) in [5.41, 5.74) is 7.78. The van der Waals surface area contributed by atoms with E-state index in [1.807, 2.05) is 19.1 Å². The molecule has 2 N–H and O–H groups in total. The standard InChI is InChI=1S/C14H19NO3/c1-10(2)4-6-16-12-8-14-13(17-9-18-14)7-11(12)3-5-15/h7-8H,1,3-6,9,15H2,2H3. The predicted octanol–water partition coefficient (Wildman–Crippen LogP) is 2.26. The third kappa shape index (κ3) is 2.96. The lowest BCUT2D eigenvalue weighted by Gasteiger charge is -2.12. The van der Waals surface area contributed by atoms with Crippen LogP contribution in [0.3, 0.4) is 0 Å². The summed E-state index contributed by atoms with van der Waals surface area (Å²) in [6.07, 6.45) is 1.61. The average molecular weight is 249 g/mol. The largest absolute Gasteiger partial charge is 0.493 e. The fourth-order valence-corrected chi connectivity index (χ4v) is 1.79. The Labute approximate surface area is 107 Å². The number of hydrogen-bond acceptors (Lipinski definition) is 4. The van der Waals surface area contributed by atoms with Gasteiger partial charge in [-0.15, -0.1) is 6.58 Å². The van der Waals surface area contributed by atoms with Gasteiger partial charge in [0.1, 0.15) is 5.75 Å². The summed E-state index contributed by atoms with van der Waals surface area (Å²) in [6, 6.07) is 3.83. The second-order valence-electron chi connectivity index (χ2n) is 4.41. The van der Waals surface area contributed by atoms with E-state index in [1.54, 1.807) is 0 Å². The van der Waals surface area contributed by atoms with Crippen molar-refractivity contribution >= 4 is 0 Å². The molecule has 0 saturated carbocycles. The monoisotopic (exact) mass is 249 g/mol. The summed E-state index contributed by atoms with van der Waals surface area (Å²) in [5, 5.41) is 0. The van der Waals surface area contributed by atoms with Gasteiger partial charge in [0.25, 0.3) is 0 Å². The molecule has 0 aromatic heterocycles. The molecule has 0 amide bonds. The summed E-state index contributed by atoms with van der Waals surface area (Å²) in [6.45, 7) is 7.32. The van der Waals surface area contributed by atoms with E-state index in [0.717, 1.165) is 41.2 Å². The Kier molecular flexibility index (Phi) is 4.10. The quantitative estimate of drug-likeness (QED) is 0.786. The summed E-state index contributed by atoms with van der Waals surface area (Å²) in [7, 11) is 0. The first-order valence-electron chi connectivity index (χ1n) is 6.10. The van der Waals surface area contributed by atoms with E-state index >= 15 is 0 Å². The Bertz CT molecular complexity index is 443. The van der Waals surface area contributed by atoms with Gasteiger partial charge in [0.15, 0.2) is 11.5 Å². The number of hydrogen-bond donors (Lipinski definition) is 1. The summed E-state index contributed by atoms with van der Waals surface area (Å²) in [4.78, 5) is 0. The molecule has 0 spiro atoms. The number of nitrogens with two attached hydrogens (primary N) is 1. The minimum Gasteiger partial charge on any atom is -0.493 e. The summed E-state index contributed by atoms with van der Waals surface area (Å²) in [5.74, 6) is 2.33. The van der Waals surface area contributed by atoms with Crippen molar-refractivity contribution in [3.63, 3.8) is 0 Å². The average Bonchev–Trinajstić information content (AvgIpc) is 2.76. The molecular formula is C14H19NO3. The van der Waals surface area contributed by atoms with E-state index in [9.17, 15) is 0 Å². The van der Waals surface area contributed by atoms with E-state index in [2.05, 4.69) is 6.58 Å². The molecule has 98 valence electrons. The second kappa shape index (κ2) is 5.78. The van der Waals surface area contributed by atoms with E-state index in [1.165, 1.54) is 0 Å². The van der Waals surface area contributed by atoms with Crippen molar-refractivity contribution in [3.8, 4) is 17.2 Å². The van der Waals surface area contributed by atoms with Gasteiger partial charge < -0.3 is 19.9 Å². The maximum Gasteiger partial charge on any atom is 0.231 e. The van der Waals surface area contributed by atoms with Crippen molar-refractivity contribution in [2.75, 3.05) is 19.9 Å². The highest BCUT2D eigenvalue weighted by atomic mass is 16.7. The summed E-state index contributed by atoms with van der Waals surface area (Å²) >= 11 is 0. The van der Waals surface area contributed by atoms with Gasteiger partial charge in [-0.2, -0.15) is 0 Å². The van der Waals surface area contributed by atoms with Crippen LogP contribution in [0.1, 0.15) is 18.9 Å². The van der Waals surface area contributed by atoms with Gasteiger partial charge in [-0.25, -0.2) is 0 Å². The van der Waals surface area contributed by atoms with Crippen molar-refractivity contribution in [1.82, 2.24) is 0 Å². The number of rotatable bonds is 6. The highest BCUT2D eigenvalue weighted by Crippen LogP contribution is 2.38. The Morgan fingerprint density at radius 3 is 2.78 bits per heavy atom. The molecule has 0 aliphatic carbocycles. The van der Waals surface area contributed by atoms with E-state index in [0.29, 0.717) is 13.2 Å². The highest BCUT2D eigenvalue weighted by Gasteiger charge is 2.17. The van der Waals surface area contributed by atoms with Crippen LogP contribution < -0.4 is 19.9 Å². The molecule has 2 rings (SSSR count). The lowest BCUT2D eigenvalue weighted by atomic mass is 10.1. The van der Waals surface area contributed by atoms with Crippen molar-refractivity contribution in [3.05, 3.63) is 29.8 Å². The molecule has 1 aliphatic heterocycles. The Morgan fingerprint density at radius 2 is 2.11 bits per heavy atom. The normalized spacial score (nSPS) is 12.6. The second-order valence-corrected chi connectivity index (χ2v) is 4.41. The molecule has 1 aromatic carbocycles.